The van der Waals surface area contributed by atoms with E-state index in [9.17, 15) is 23.7 Å². The van der Waals surface area contributed by atoms with Gasteiger partial charge < -0.3 is 11.1 Å². The third-order valence-corrected chi connectivity index (χ3v) is 2.27. The summed E-state index contributed by atoms with van der Waals surface area (Å²) in [6.07, 6.45) is 0. The van der Waals surface area contributed by atoms with Crippen LogP contribution in [0.5, 0.6) is 0 Å². The minimum absolute atomic E-state index is 0.389. The molecule has 0 radical (unpaired) electrons. The van der Waals surface area contributed by atoms with Crippen molar-refractivity contribution in [2.45, 2.75) is 19.4 Å². The maximum absolute atomic E-state index is 13.3. The van der Waals surface area contributed by atoms with Crippen molar-refractivity contribution < 1.29 is 18.5 Å². The fourth-order valence-corrected chi connectivity index (χ4v) is 1.25. The Morgan fingerprint density at radius 3 is 2.44 bits per heavy atom. The van der Waals surface area contributed by atoms with E-state index in [1.54, 1.807) is 0 Å². The molecule has 0 aromatic heterocycles. The van der Waals surface area contributed by atoms with Gasteiger partial charge in [0.25, 0.3) is 0 Å². The number of nitro benzene ring substituents is 1. The molecule has 1 aromatic rings. The van der Waals surface area contributed by atoms with Crippen LogP contribution in [0.3, 0.4) is 0 Å². The van der Waals surface area contributed by atoms with E-state index in [0.29, 0.717) is 6.07 Å². The van der Waals surface area contributed by atoms with Crippen LogP contribution in [0.2, 0.25) is 0 Å². The van der Waals surface area contributed by atoms with Crippen molar-refractivity contribution in [3.63, 3.8) is 0 Å². The Kier molecular flexibility index (Phi) is 3.49. The quantitative estimate of drug-likeness (QED) is 0.633. The molecule has 6 nitrogen and oxygen atoms in total. The lowest BCUT2D eigenvalue weighted by Gasteiger charge is -2.23. The van der Waals surface area contributed by atoms with Gasteiger partial charge in [-0.1, -0.05) is 0 Å². The van der Waals surface area contributed by atoms with Gasteiger partial charge in [-0.2, -0.15) is 4.39 Å². The van der Waals surface area contributed by atoms with Crippen molar-refractivity contribution >= 4 is 17.3 Å². The summed E-state index contributed by atoms with van der Waals surface area (Å²) in [5.41, 5.74) is 2.30. The summed E-state index contributed by atoms with van der Waals surface area (Å²) in [6.45, 7) is 2.67. The summed E-state index contributed by atoms with van der Waals surface area (Å²) in [5.74, 6) is -3.15. The molecule has 18 heavy (non-hydrogen) atoms. The van der Waals surface area contributed by atoms with Crippen LogP contribution >= 0.6 is 0 Å². The molecule has 0 fully saturated rings. The molecule has 0 aliphatic rings. The van der Waals surface area contributed by atoms with Crippen molar-refractivity contribution in [1.29, 1.82) is 0 Å². The highest BCUT2D eigenvalue weighted by molar-refractivity contribution is 5.87. The van der Waals surface area contributed by atoms with Gasteiger partial charge in [-0.25, -0.2) is 4.39 Å². The number of rotatable bonds is 4. The Labute approximate surface area is 101 Å². The van der Waals surface area contributed by atoms with Gasteiger partial charge in [0.1, 0.15) is 17.0 Å². The fourth-order valence-electron chi connectivity index (χ4n) is 1.25. The van der Waals surface area contributed by atoms with E-state index in [0.717, 1.165) is 6.07 Å². The minimum Gasteiger partial charge on any atom is -0.368 e. The first-order valence-electron chi connectivity index (χ1n) is 4.86. The van der Waals surface area contributed by atoms with Crippen molar-refractivity contribution in [1.82, 2.24) is 0 Å². The Morgan fingerprint density at radius 1 is 1.44 bits per heavy atom. The molecule has 8 heteroatoms. The first-order chi connectivity index (χ1) is 8.15. The number of carbonyl (C=O) groups is 1. The molecule has 1 rings (SSSR count). The second kappa shape index (κ2) is 4.55. The number of nitrogens with two attached hydrogens (primary N) is 1. The molecule has 0 atom stereocenters. The van der Waals surface area contributed by atoms with Crippen LogP contribution in [0.15, 0.2) is 12.1 Å². The van der Waals surface area contributed by atoms with E-state index < -0.39 is 39.4 Å². The first-order valence-corrected chi connectivity index (χ1v) is 4.86. The molecule has 1 aromatic carbocycles. The lowest BCUT2D eigenvalue weighted by molar-refractivity contribution is -0.386. The summed E-state index contributed by atoms with van der Waals surface area (Å²) in [7, 11) is 0. The Balaban J connectivity index is 3.32. The first kappa shape index (κ1) is 13.8. The zero-order valence-corrected chi connectivity index (χ0v) is 9.66. The third-order valence-electron chi connectivity index (χ3n) is 2.27. The number of benzene rings is 1. The van der Waals surface area contributed by atoms with Crippen LogP contribution in [0.25, 0.3) is 0 Å². The van der Waals surface area contributed by atoms with E-state index in [2.05, 4.69) is 5.32 Å². The number of amides is 1. The molecule has 1 amide bonds. The van der Waals surface area contributed by atoms with E-state index in [1.165, 1.54) is 13.8 Å². The second-order valence-electron chi connectivity index (χ2n) is 4.16. The summed E-state index contributed by atoms with van der Waals surface area (Å²) in [4.78, 5) is 20.8. The number of hydrogen-bond donors (Lipinski definition) is 2. The SMILES string of the molecule is CC(C)(Nc1cc(F)cc(F)c1[N+](=O)[O-])C(N)=O. The lowest BCUT2D eigenvalue weighted by Crippen LogP contribution is -2.45. The standard InChI is InChI=1S/C10H11F2N3O3/c1-10(2,9(13)16)14-7-4-5(11)3-6(12)8(7)15(17)18/h3-4,14H,1-2H3,(H2,13,16). The van der Waals surface area contributed by atoms with Gasteiger partial charge in [0.05, 0.1) is 4.92 Å². The molecule has 0 bridgehead atoms. The predicted octanol–water partition coefficient (Wildman–Crippen LogP) is 1.55. The molecular weight excluding hydrogens is 248 g/mol. The average Bonchev–Trinajstić information content (AvgIpc) is 2.13. The summed E-state index contributed by atoms with van der Waals surface area (Å²) in [6, 6.07) is 1.12. The van der Waals surface area contributed by atoms with Crippen LogP contribution in [-0.4, -0.2) is 16.4 Å². The maximum Gasteiger partial charge on any atom is 0.327 e. The van der Waals surface area contributed by atoms with Crippen LogP contribution in [0.4, 0.5) is 20.2 Å². The zero-order chi connectivity index (χ0) is 14.1. The fraction of sp³-hybridized carbons (Fsp3) is 0.300. The van der Waals surface area contributed by atoms with Gasteiger partial charge >= 0.3 is 5.69 Å². The largest absolute Gasteiger partial charge is 0.368 e. The zero-order valence-electron chi connectivity index (χ0n) is 9.66. The van der Waals surface area contributed by atoms with Gasteiger partial charge in [0, 0.05) is 12.1 Å². The maximum atomic E-state index is 13.3. The van der Waals surface area contributed by atoms with Crippen molar-refractivity contribution in [3.8, 4) is 0 Å². The van der Waals surface area contributed by atoms with Crippen LogP contribution in [-0.2, 0) is 4.79 Å². The molecular formula is C10H11F2N3O3. The second-order valence-corrected chi connectivity index (χ2v) is 4.16. The number of nitro groups is 1. The highest BCUT2D eigenvalue weighted by atomic mass is 19.1. The lowest BCUT2D eigenvalue weighted by atomic mass is 10.0. The number of nitrogens with one attached hydrogen (secondary N) is 1. The topological polar surface area (TPSA) is 98.3 Å². The van der Waals surface area contributed by atoms with Gasteiger partial charge in [-0.15, -0.1) is 0 Å². The van der Waals surface area contributed by atoms with Crippen LogP contribution in [0, 0.1) is 21.7 Å². The van der Waals surface area contributed by atoms with Gasteiger partial charge in [-0.05, 0) is 13.8 Å². The molecule has 0 unspecified atom stereocenters. The molecule has 0 heterocycles. The Bertz CT molecular complexity index is 517. The summed E-state index contributed by atoms with van der Waals surface area (Å²) in [5, 5.41) is 13.0. The molecule has 3 N–H and O–H groups in total. The number of hydrogen-bond acceptors (Lipinski definition) is 4. The number of primary amides is 1. The van der Waals surface area contributed by atoms with Crippen LogP contribution < -0.4 is 11.1 Å². The number of carbonyl (C=O) groups excluding carboxylic acids is 1. The minimum atomic E-state index is -1.38. The smallest absolute Gasteiger partial charge is 0.327 e. The monoisotopic (exact) mass is 259 g/mol. The summed E-state index contributed by atoms with van der Waals surface area (Å²) < 4.78 is 26.3. The van der Waals surface area contributed by atoms with Gasteiger partial charge in [0.15, 0.2) is 0 Å². The number of halogens is 2. The number of anilines is 1. The number of nitrogens with zero attached hydrogens (tertiary/aromatic N) is 1. The summed E-state index contributed by atoms with van der Waals surface area (Å²) >= 11 is 0. The normalized spacial score (nSPS) is 11.1. The van der Waals surface area contributed by atoms with E-state index in [-0.39, 0.29) is 0 Å². The van der Waals surface area contributed by atoms with E-state index in [4.69, 9.17) is 5.73 Å². The highest BCUT2D eigenvalue weighted by Crippen LogP contribution is 2.30. The average molecular weight is 259 g/mol. The molecule has 0 spiro atoms. The molecule has 0 saturated carbocycles. The van der Waals surface area contributed by atoms with Gasteiger partial charge in [-0.3, -0.25) is 14.9 Å². The van der Waals surface area contributed by atoms with Crippen molar-refractivity contribution in [2.75, 3.05) is 5.32 Å². The van der Waals surface area contributed by atoms with Crippen LogP contribution in [0.1, 0.15) is 13.8 Å². The van der Waals surface area contributed by atoms with Gasteiger partial charge in [0.2, 0.25) is 11.7 Å². The van der Waals surface area contributed by atoms with Crippen molar-refractivity contribution in [2.24, 2.45) is 5.73 Å². The third kappa shape index (κ3) is 2.70. The van der Waals surface area contributed by atoms with Crippen molar-refractivity contribution in [3.05, 3.63) is 33.9 Å². The molecule has 0 saturated heterocycles. The van der Waals surface area contributed by atoms with E-state index >= 15 is 0 Å². The predicted molar refractivity (Wildman–Crippen MR) is 59.9 cm³/mol. The Hall–Kier alpha value is -2.25. The molecule has 0 aliphatic carbocycles. The molecule has 0 aliphatic heterocycles. The molecule has 98 valence electrons. The Morgan fingerprint density at radius 2 is 2.00 bits per heavy atom. The van der Waals surface area contributed by atoms with E-state index in [1.807, 2.05) is 0 Å². The highest BCUT2D eigenvalue weighted by Gasteiger charge is 2.30.